The van der Waals surface area contributed by atoms with Crippen LogP contribution in [0.1, 0.15) is 19.4 Å². The number of benzene rings is 3. The van der Waals surface area contributed by atoms with Crippen LogP contribution in [0, 0.1) is 37.3 Å². The number of aryl methyl sites for hydroxylation is 1. The van der Waals surface area contributed by atoms with Crippen molar-refractivity contribution in [1.29, 1.82) is 0 Å². The van der Waals surface area contributed by atoms with Gasteiger partial charge in [0.25, 0.3) is 30.1 Å². The van der Waals surface area contributed by atoms with Gasteiger partial charge in [-0.3, -0.25) is 34.9 Å². The lowest BCUT2D eigenvalue weighted by Crippen LogP contribution is -2.00. The predicted molar refractivity (Wildman–Crippen MR) is 190 cm³/mol. The molecule has 0 heterocycles. The number of hydrogen-bond donors (Lipinski definition) is 1. The number of aliphatic hydroxyl groups is 1. The second-order valence-electron chi connectivity index (χ2n) is 9.29. The van der Waals surface area contributed by atoms with Crippen molar-refractivity contribution < 1.29 is 51.6 Å². The maximum absolute atomic E-state index is 11.8. The zero-order chi connectivity index (χ0) is 37.4. The Balaban J connectivity index is 0.000000368. The van der Waals surface area contributed by atoms with Crippen molar-refractivity contribution in [1.82, 2.24) is 0 Å². The summed E-state index contributed by atoms with van der Waals surface area (Å²) in [5, 5.41) is 40.5. The lowest BCUT2D eigenvalue weighted by Gasteiger charge is -2.18. The van der Waals surface area contributed by atoms with Crippen molar-refractivity contribution >= 4 is 60.9 Å². The fourth-order valence-electron chi connectivity index (χ4n) is 3.34. The molecule has 3 aromatic carbocycles. The van der Waals surface area contributed by atoms with Crippen molar-refractivity contribution in [2.75, 3.05) is 40.0 Å². The molecule has 17 nitrogen and oxygen atoms in total. The van der Waals surface area contributed by atoms with Gasteiger partial charge >= 0.3 is 7.60 Å². The first-order valence-electron chi connectivity index (χ1n) is 13.8. The first-order valence-corrected chi connectivity index (χ1v) is 22.1. The van der Waals surface area contributed by atoms with Gasteiger partial charge in [0.15, 0.2) is 0 Å². The molecule has 0 aliphatic rings. The molecule has 0 radical (unpaired) electrons. The van der Waals surface area contributed by atoms with Gasteiger partial charge < -0.3 is 27.7 Å². The molecule has 0 amide bonds. The molecule has 0 aromatic heterocycles. The monoisotopic (exact) mass is 783 g/mol. The molecule has 22 heteroatoms. The molecule has 0 bridgehead atoms. The van der Waals surface area contributed by atoms with Gasteiger partial charge in [0, 0.05) is 61.2 Å². The third-order valence-electron chi connectivity index (χ3n) is 5.43. The largest absolute Gasteiger partial charge is 0.442 e. The van der Waals surface area contributed by atoms with Crippen molar-refractivity contribution in [3.63, 3.8) is 0 Å². The summed E-state index contributed by atoms with van der Waals surface area (Å²) in [6, 6.07) is 15.5. The van der Waals surface area contributed by atoms with Gasteiger partial charge in [-0.1, -0.05) is 0 Å². The van der Waals surface area contributed by atoms with E-state index in [2.05, 4.69) is 0 Å². The Morgan fingerprint density at radius 2 is 1.27 bits per heavy atom. The van der Waals surface area contributed by atoms with E-state index in [1.165, 1.54) is 75.0 Å². The van der Waals surface area contributed by atoms with E-state index in [-0.39, 0.29) is 29.4 Å². The number of aliphatic hydroxyl groups excluding tert-OH is 1. The Bertz CT molecular complexity index is 1620. The van der Waals surface area contributed by atoms with Crippen LogP contribution < -0.4 is 9.05 Å². The second-order valence-corrected chi connectivity index (χ2v) is 20.0. The Kier molecular flexibility index (Phi) is 18.3. The average Bonchev–Trinajstić information content (AvgIpc) is 3.01. The molecular weight excluding hydrogens is 747 g/mol. The van der Waals surface area contributed by atoms with Crippen molar-refractivity contribution in [3.8, 4) is 11.5 Å². The van der Waals surface area contributed by atoms with Crippen molar-refractivity contribution in [3.05, 3.63) is 103 Å². The highest BCUT2D eigenvalue weighted by atomic mass is 32.7. The van der Waals surface area contributed by atoms with Gasteiger partial charge in [0.2, 0.25) is 0 Å². The van der Waals surface area contributed by atoms with Gasteiger partial charge in [0.05, 0.1) is 28.0 Å². The molecule has 1 N–H and O–H groups in total. The minimum atomic E-state index is -3.12. The molecule has 270 valence electrons. The van der Waals surface area contributed by atoms with E-state index in [0.717, 1.165) is 11.4 Å². The molecule has 3 rings (SSSR count). The van der Waals surface area contributed by atoms with E-state index in [1.807, 2.05) is 0 Å². The zero-order valence-corrected chi connectivity index (χ0v) is 31.5. The molecule has 0 fully saturated rings. The highest BCUT2D eigenvalue weighted by Gasteiger charge is 2.20. The van der Waals surface area contributed by atoms with Crippen molar-refractivity contribution in [2.24, 2.45) is 0 Å². The van der Waals surface area contributed by atoms with E-state index in [1.54, 1.807) is 32.9 Å². The van der Waals surface area contributed by atoms with Crippen LogP contribution in [-0.2, 0) is 34.5 Å². The summed E-state index contributed by atoms with van der Waals surface area (Å²) in [7, 11) is -1.77. The number of rotatable bonds is 15. The van der Waals surface area contributed by atoms with Crippen LogP contribution in [0.15, 0.2) is 71.6 Å². The minimum Gasteiger partial charge on any atom is -0.442 e. The zero-order valence-electron chi connectivity index (χ0n) is 27.2. The normalized spacial score (nSPS) is 14.2. The third-order valence-corrected chi connectivity index (χ3v) is 12.6. The van der Waals surface area contributed by atoms with Crippen LogP contribution in [0.2, 0.25) is 0 Å². The number of non-ortho nitro benzene ring substituents is 2. The van der Waals surface area contributed by atoms with Crippen LogP contribution >= 0.6 is 32.0 Å². The summed E-state index contributed by atoms with van der Waals surface area (Å²) >= 11 is 6.10. The highest BCUT2D eigenvalue weighted by molar-refractivity contribution is 8.56. The number of nitro benzene ring substituents is 3. The van der Waals surface area contributed by atoms with Crippen LogP contribution in [-0.4, -0.2) is 59.9 Å². The van der Waals surface area contributed by atoms with Crippen LogP contribution in [0.5, 0.6) is 11.5 Å². The molecule has 0 spiro atoms. The first kappa shape index (κ1) is 43.8. The molecule has 0 saturated heterocycles. The number of nitrogens with zero attached hydrogens (tertiary/aromatic N) is 3. The standard InChI is InChI=1S/C9H12NO5PS.C9H12NO5P.C9H12NO4PS/c1-7-5-8(3-4-9(7)10(12)13)15-16(17,6-11)14-2;1-3-14-16(2,13)15-9-6-4-8(5-7-9)10(11)12;1-3-14-15(2,13)16-9-6-4-8(5-7-9)10(11)12/h3-5,11H,6H2,1-2H3;2*4-7H,3H2,1-2H3. The summed E-state index contributed by atoms with van der Waals surface area (Å²) in [6.45, 7) is 3.16. The Morgan fingerprint density at radius 1 is 0.776 bits per heavy atom. The smallest absolute Gasteiger partial charge is 0.376 e. The van der Waals surface area contributed by atoms with Gasteiger partial charge in [-0.2, -0.15) is 0 Å². The lowest BCUT2D eigenvalue weighted by molar-refractivity contribution is -0.385. The summed E-state index contributed by atoms with van der Waals surface area (Å²) in [4.78, 5) is 30.7. The summed E-state index contributed by atoms with van der Waals surface area (Å²) in [6.07, 6.45) is -0.394. The molecular formula is C27H36N3O14P3S2. The maximum atomic E-state index is 11.8. The molecule has 0 saturated carbocycles. The maximum Gasteiger partial charge on any atom is 0.376 e. The average molecular weight is 784 g/mol. The minimum absolute atomic E-state index is 0.00654. The van der Waals surface area contributed by atoms with Crippen LogP contribution in [0.4, 0.5) is 17.1 Å². The van der Waals surface area contributed by atoms with E-state index in [0.29, 0.717) is 22.8 Å². The van der Waals surface area contributed by atoms with Gasteiger partial charge in [0.1, 0.15) is 17.8 Å². The van der Waals surface area contributed by atoms with Gasteiger partial charge in [-0.15, -0.1) is 0 Å². The fourth-order valence-corrected chi connectivity index (χ4v) is 8.45. The van der Waals surface area contributed by atoms with E-state index >= 15 is 0 Å². The summed E-state index contributed by atoms with van der Waals surface area (Å²) < 4.78 is 48.8. The molecule has 49 heavy (non-hydrogen) atoms. The SMILES string of the molecule is CCOP(C)(=O)Oc1ccc([N+](=O)[O-])cc1.CCOP(C)(=O)Sc1ccc([N+](=O)[O-])cc1.COP(=S)(CO)Oc1ccc([N+](=O)[O-])c(C)c1. The Morgan fingerprint density at radius 3 is 1.67 bits per heavy atom. The second kappa shape index (κ2) is 20.4. The van der Waals surface area contributed by atoms with Crippen LogP contribution in [0.3, 0.4) is 0 Å². The van der Waals surface area contributed by atoms with Gasteiger partial charge in [-0.25, -0.2) is 4.57 Å². The predicted octanol–water partition coefficient (Wildman–Crippen LogP) is 8.57. The van der Waals surface area contributed by atoms with Crippen LogP contribution in [0.25, 0.3) is 0 Å². The summed E-state index contributed by atoms with van der Waals surface area (Å²) in [5.74, 6) is 0.636. The summed E-state index contributed by atoms with van der Waals surface area (Å²) in [5.41, 5.74) is 0.441. The van der Waals surface area contributed by atoms with E-state index < -0.39 is 41.8 Å². The molecule has 3 unspecified atom stereocenters. The Labute approximate surface area is 291 Å². The lowest BCUT2D eigenvalue weighted by atomic mass is 10.2. The number of hydrogen-bond acceptors (Lipinski definition) is 16. The molecule has 0 aliphatic carbocycles. The first-order chi connectivity index (χ1) is 22.8. The van der Waals surface area contributed by atoms with E-state index in [9.17, 15) is 39.5 Å². The fraction of sp³-hybridized carbons (Fsp3) is 0.333. The quantitative estimate of drug-likeness (QED) is 0.0864. The Hall–Kier alpha value is -3.24. The third kappa shape index (κ3) is 16.3. The molecule has 3 atom stereocenters. The van der Waals surface area contributed by atoms with E-state index in [4.69, 9.17) is 39.5 Å². The molecule has 3 aromatic rings. The number of nitro groups is 3. The molecule has 0 aliphatic heterocycles. The van der Waals surface area contributed by atoms with Crippen molar-refractivity contribution in [2.45, 2.75) is 25.7 Å². The topological polar surface area (TPSA) is 230 Å². The van der Waals surface area contributed by atoms with Gasteiger partial charge in [-0.05, 0) is 80.4 Å². The highest BCUT2D eigenvalue weighted by Crippen LogP contribution is 2.59.